The Labute approximate surface area is 103 Å². The van der Waals surface area contributed by atoms with Crippen LogP contribution in [0, 0.1) is 0 Å². The van der Waals surface area contributed by atoms with Crippen LogP contribution in [-0.2, 0) is 8.99 Å². The highest BCUT2D eigenvalue weighted by molar-refractivity contribution is 7.62. The lowest BCUT2D eigenvalue weighted by molar-refractivity contribution is 0.281. The first-order chi connectivity index (χ1) is 6.96. The second kappa shape index (κ2) is 5.84. The molecule has 0 saturated carbocycles. The molecule has 0 N–H and O–H groups in total. The summed E-state index contributed by atoms with van der Waals surface area (Å²) in [6, 6.07) is 0. The van der Waals surface area contributed by atoms with Crippen molar-refractivity contribution in [3.8, 4) is 0 Å². The van der Waals surface area contributed by atoms with Crippen molar-refractivity contribution in [2.45, 2.75) is 51.7 Å². The predicted molar refractivity (Wildman–Crippen MR) is 76.7 cm³/mol. The second-order valence-electron chi connectivity index (χ2n) is 6.61. The van der Waals surface area contributed by atoms with Gasteiger partial charge < -0.3 is 8.99 Å². The smallest absolute Gasteiger partial charge is 0.191 e. The number of rotatable bonds is 6. The highest BCUT2D eigenvalue weighted by atomic mass is 31.2. The average Bonchev–Trinajstić information content (AvgIpc) is 1.98. The van der Waals surface area contributed by atoms with Gasteiger partial charge in [-0.2, -0.15) is 0 Å². The zero-order valence-electron chi connectivity index (χ0n) is 12.1. The molecule has 2 nitrogen and oxygen atoms in total. The third-order valence-electron chi connectivity index (χ3n) is 3.36. The molecule has 0 atom stereocenters. The van der Waals surface area contributed by atoms with Crippen molar-refractivity contribution in [2.24, 2.45) is 0 Å². The molecule has 0 aromatic heterocycles. The Bertz CT molecular complexity index is 250. The summed E-state index contributed by atoms with van der Waals surface area (Å²) in [5, 5.41) is 0.289. The van der Waals surface area contributed by atoms with E-state index in [1.807, 2.05) is 13.3 Å². The lowest BCUT2D eigenvalue weighted by Crippen LogP contribution is -2.40. The zero-order chi connectivity index (χ0) is 13.0. The van der Waals surface area contributed by atoms with Gasteiger partial charge in [-0.3, -0.25) is 0 Å². The summed E-state index contributed by atoms with van der Waals surface area (Å²) >= 11 is 0. The summed E-state index contributed by atoms with van der Waals surface area (Å²) in [6.07, 6.45) is 2.92. The summed E-state index contributed by atoms with van der Waals surface area (Å²) in [7, 11) is -3.39. The molecule has 0 aromatic carbocycles. The molecule has 0 spiro atoms. The minimum absolute atomic E-state index is 0.289. The number of unbranched alkanes of at least 4 members (excludes halogenated alkanes) is 1. The van der Waals surface area contributed by atoms with E-state index in [9.17, 15) is 4.57 Å². The maximum absolute atomic E-state index is 11.5. The van der Waals surface area contributed by atoms with Gasteiger partial charge in [0.2, 0.25) is 0 Å². The van der Waals surface area contributed by atoms with Gasteiger partial charge in [0, 0.05) is 12.8 Å². The summed E-state index contributed by atoms with van der Waals surface area (Å²) in [6.45, 7) is 15.9. The molecule has 0 unspecified atom stereocenters. The van der Waals surface area contributed by atoms with Crippen molar-refractivity contribution in [1.29, 1.82) is 0 Å². The third-order valence-corrected chi connectivity index (χ3v) is 9.29. The maximum atomic E-state index is 11.5. The van der Waals surface area contributed by atoms with E-state index in [0.717, 1.165) is 25.6 Å². The third kappa shape index (κ3) is 6.88. The summed E-state index contributed by atoms with van der Waals surface area (Å²) < 4.78 is 17.6. The second-order valence-corrected chi connectivity index (χ2v) is 15.0. The van der Waals surface area contributed by atoms with Crippen molar-refractivity contribution in [3.63, 3.8) is 0 Å². The Morgan fingerprint density at radius 1 is 1.12 bits per heavy atom. The maximum Gasteiger partial charge on any atom is 0.191 e. The first kappa shape index (κ1) is 16.4. The fraction of sp³-hybridized carbons (Fsp3) is 1.00. The van der Waals surface area contributed by atoms with Crippen molar-refractivity contribution < 1.29 is 8.99 Å². The van der Waals surface area contributed by atoms with Crippen LogP contribution in [0.4, 0.5) is 0 Å². The van der Waals surface area contributed by atoms with E-state index in [-0.39, 0.29) is 5.04 Å². The van der Waals surface area contributed by atoms with Crippen LogP contribution in [0.1, 0.15) is 33.6 Å². The van der Waals surface area contributed by atoms with Crippen LogP contribution in [-0.4, -0.2) is 34.4 Å². The van der Waals surface area contributed by atoms with Gasteiger partial charge in [-0.15, -0.1) is 0 Å². The Balaban J connectivity index is 3.80. The topological polar surface area (TPSA) is 26.3 Å². The van der Waals surface area contributed by atoms with E-state index in [0.29, 0.717) is 0 Å². The molecule has 0 aliphatic heterocycles. The van der Waals surface area contributed by atoms with Gasteiger partial charge >= 0.3 is 0 Å². The van der Waals surface area contributed by atoms with E-state index in [1.165, 1.54) is 0 Å². The van der Waals surface area contributed by atoms with Crippen molar-refractivity contribution in [1.82, 2.24) is 0 Å². The fourth-order valence-corrected chi connectivity index (χ4v) is 3.21. The monoisotopic (exact) mass is 264 g/mol. The van der Waals surface area contributed by atoms with Crippen LogP contribution in [0.15, 0.2) is 0 Å². The number of hydrogen-bond donors (Lipinski definition) is 0. The van der Waals surface area contributed by atoms with Crippen LogP contribution in [0.2, 0.25) is 18.1 Å². The lowest BCUT2D eigenvalue weighted by atomic mass is 10.2. The Morgan fingerprint density at radius 2 is 1.62 bits per heavy atom. The molecule has 0 fully saturated rings. The molecule has 0 saturated heterocycles. The van der Waals surface area contributed by atoms with Crippen molar-refractivity contribution in [3.05, 3.63) is 0 Å². The first-order valence-corrected chi connectivity index (χ1v) is 11.8. The molecule has 0 aliphatic rings. The molecule has 0 radical (unpaired) electrons. The summed E-state index contributed by atoms with van der Waals surface area (Å²) in [5.74, 6) is 0. The van der Waals surface area contributed by atoms with Gasteiger partial charge in [0.25, 0.3) is 0 Å². The standard InChI is InChI=1S/C12H29O2PSi/c1-12(2,3)16(6,7)14-10-8-9-11-15(4,5)13/h8-11H2,1-7H3. The highest BCUT2D eigenvalue weighted by Gasteiger charge is 2.36. The minimum atomic E-state index is -1.82. The molecule has 4 heteroatoms. The van der Waals surface area contributed by atoms with Crippen molar-refractivity contribution >= 4 is 15.5 Å². The van der Waals surface area contributed by atoms with Gasteiger partial charge in [0.15, 0.2) is 8.32 Å². The van der Waals surface area contributed by atoms with Crippen LogP contribution in [0.5, 0.6) is 0 Å². The van der Waals surface area contributed by atoms with Crippen LogP contribution in [0.25, 0.3) is 0 Å². The first-order valence-electron chi connectivity index (χ1n) is 6.14. The van der Waals surface area contributed by atoms with E-state index < -0.39 is 15.5 Å². The predicted octanol–water partition coefficient (Wildman–Crippen LogP) is 4.41. The molecule has 0 rings (SSSR count). The SMILES string of the molecule is CC(C)(C)[Si](C)(C)OCCCCP(C)(C)=O. The molecule has 0 heterocycles. The molecular formula is C12H29O2PSi. The molecular weight excluding hydrogens is 235 g/mol. The van der Waals surface area contributed by atoms with Crippen LogP contribution in [0.3, 0.4) is 0 Å². The minimum Gasteiger partial charge on any atom is -0.417 e. The molecule has 0 bridgehead atoms. The Morgan fingerprint density at radius 3 is 2.00 bits per heavy atom. The Hall–Kier alpha value is 0.407. The quantitative estimate of drug-likeness (QED) is 0.403. The normalized spacial score (nSPS) is 14.2. The van der Waals surface area contributed by atoms with Gasteiger partial charge in [0.1, 0.15) is 0 Å². The van der Waals surface area contributed by atoms with E-state index >= 15 is 0 Å². The number of hydrogen-bond acceptors (Lipinski definition) is 2. The van der Waals surface area contributed by atoms with Gasteiger partial charge in [-0.05, 0) is 44.3 Å². The lowest BCUT2D eigenvalue weighted by Gasteiger charge is -2.36. The van der Waals surface area contributed by atoms with Crippen LogP contribution >= 0.6 is 7.14 Å². The van der Waals surface area contributed by atoms with Gasteiger partial charge in [-0.1, -0.05) is 20.8 Å². The summed E-state index contributed by atoms with van der Waals surface area (Å²) in [5.41, 5.74) is 0. The average molecular weight is 264 g/mol. The zero-order valence-corrected chi connectivity index (χ0v) is 14.0. The molecule has 16 heavy (non-hydrogen) atoms. The van der Waals surface area contributed by atoms with E-state index in [2.05, 4.69) is 33.9 Å². The Kier molecular flexibility index (Phi) is 5.99. The van der Waals surface area contributed by atoms with E-state index in [4.69, 9.17) is 4.43 Å². The molecule has 98 valence electrons. The molecule has 0 amide bonds. The summed E-state index contributed by atoms with van der Waals surface area (Å²) in [4.78, 5) is 0. The van der Waals surface area contributed by atoms with Crippen LogP contribution < -0.4 is 0 Å². The fourth-order valence-electron chi connectivity index (χ4n) is 1.14. The molecule has 0 aliphatic carbocycles. The largest absolute Gasteiger partial charge is 0.417 e. The van der Waals surface area contributed by atoms with E-state index in [1.54, 1.807) is 0 Å². The van der Waals surface area contributed by atoms with Crippen molar-refractivity contribution in [2.75, 3.05) is 26.1 Å². The highest BCUT2D eigenvalue weighted by Crippen LogP contribution is 2.38. The molecule has 0 aromatic rings. The van der Waals surface area contributed by atoms with Gasteiger partial charge in [0.05, 0.1) is 7.14 Å². The van der Waals surface area contributed by atoms with Gasteiger partial charge in [-0.25, -0.2) is 0 Å².